The molecule has 1 aliphatic heterocycles. The van der Waals surface area contributed by atoms with Crippen LogP contribution >= 0.6 is 0 Å². The summed E-state index contributed by atoms with van der Waals surface area (Å²) in [5.41, 5.74) is 6.23. The second-order valence-electron chi connectivity index (χ2n) is 5.07. The van der Waals surface area contributed by atoms with Crippen molar-refractivity contribution < 1.29 is 20.1 Å². The molecular weight excluding hydrogens is 276 g/mol. The maximum Gasteiger partial charge on any atom is 0.299 e. The lowest BCUT2D eigenvalue weighted by Crippen LogP contribution is -2.28. The van der Waals surface area contributed by atoms with Crippen molar-refractivity contribution in [2.24, 2.45) is 16.6 Å². The molecule has 5 N–H and O–H groups in total. The van der Waals surface area contributed by atoms with Gasteiger partial charge in [-0.1, -0.05) is 6.92 Å². The topological polar surface area (TPSA) is 142 Å². The Bertz CT molecular complexity index is 575. The third-order valence-electron chi connectivity index (χ3n) is 3.47. The van der Waals surface area contributed by atoms with Gasteiger partial charge >= 0.3 is 0 Å². The summed E-state index contributed by atoms with van der Waals surface area (Å²) in [5.74, 6) is -0.395. The van der Waals surface area contributed by atoms with Crippen molar-refractivity contribution >= 4 is 11.7 Å². The molecule has 3 atom stereocenters. The van der Waals surface area contributed by atoms with E-state index in [4.69, 9.17) is 10.8 Å². The van der Waals surface area contributed by atoms with Gasteiger partial charge in [0.15, 0.2) is 5.69 Å². The molecule has 21 heavy (non-hydrogen) atoms. The average Bonchev–Trinajstić information content (AvgIpc) is 2.49. The number of amidine groups is 1. The summed E-state index contributed by atoms with van der Waals surface area (Å²) >= 11 is 0. The molecule has 3 unspecified atom stereocenters. The van der Waals surface area contributed by atoms with Crippen LogP contribution in [0.5, 0.6) is 0 Å². The summed E-state index contributed by atoms with van der Waals surface area (Å²) in [7, 11) is 0. The number of hydrogen-bond acceptors (Lipinski definition) is 7. The number of rotatable bonds is 3. The largest absolute Gasteiger partial charge is 0.394 e. The zero-order valence-electron chi connectivity index (χ0n) is 11.6. The minimum atomic E-state index is -1.42. The number of aryl methyl sites for hydroxylation is 1. The molecule has 8 nitrogen and oxygen atoms in total. The van der Waals surface area contributed by atoms with Crippen LogP contribution in [0.1, 0.15) is 41.3 Å². The lowest BCUT2D eigenvalue weighted by Gasteiger charge is -2.18. The van der Waals surface area contributed by atoms with E-state index in [0.717, 1.165) is 0 Å². The van der Waals surface area contributed by atoms with Crippen molar-refractivity contribution in [3.63, 3.8) is 0 Å². The van der Waals surface area contributed by atoms with Crippen LogP contribution in [0.15, 0.2) is 11.2 Å². The monoisotopic (exact) mass is 294 g/mol. The minimum Gasteiger partial charge on any atom is -0.394 e. The minimum absolute atomic E-state index is 0.00560. The molecule has 2 heterocycles. The van der Waals surface area contributed by atoms with Crippen molar-refractivity contribution in [3.8, 4) is 0 Å². The molecule has 0 spiro atoms. The number of fused-ring (bicyclic) bond motifs is 1. The molecule has 0 saturated carbocycles. The summed E-state index contributed by atoms with van der Waals surface area (Å²) in [6.45, 7) is 1.25. The Balaban J connectivity index is 2.40. The highest BCUT2D eigenvalue weighted by Gasteiger charge is 2.25. The number of carbonyl (C=O) groups is 1. The van der Waals surface area contributed by atoms with Crippen molar-refractivity contribution in [2.75, 3.05) is 6.61 Å². The predicted molar refractivity (Wildman–Crippen MR) is 73.5 cm³/mol. The summed E-state index contributed by atoms with van der Waals surface area (Å²) < 4.78 is 0. The normalized spacial score (nSPS) is 21.8. The highest BCUT2D eigenvalue weighted by atomic mass is 16.4. The van der Waals surface area contributed by atoms with Crippen LogP contribution in [-0.4, -0.2) is 49.7 Å². The predicted octanol–water partition coefficient (Wildman–Crippen LogP) is -1.06. The van der Waals surface area contributed by atoms with Crippen LogP contribution in [0.2, 0.25) is 0 Å². The van der Waals surface area contributed by atoms with Gasteiger partial charge in [-0.05, 0) is 12.8 Å². The third-order valence-corrected chi connectivity index (χ3v) is 3.47. The van der Waals surface area contributed by atoms with Crippen LogP contribution in [0.25, 0.3) is 0 Å². The molecule has 114 valence electrons. The molecule has 0 saturated heterocycles. The molecule has 8 heteroatoms. The van der Waals surface area contributed by atoms with E-state index in [0.29, 0.717) is 18.5 Å². The van der Waals surface area contributed by atoms with Gasteiger partial charge in [-0.15, -0.1) is 0 Å². The summed E-state index contributed by atoms with van der Waals surface area (Å²) in [5, 5.41) is 28.1. The number of aliphatic imine (C=N–C) groups is 1. The van der Waals surface area contributed by atoms with Gasteiger partial charge in [0.1, 0.15) is 18.0 Å². The number of hydrogen-bond donors (Lipinski definition) is 4. The molecule has 0 aliphatic carbocycles. The van der Waals surface area contributed by atoms with Gasteiger partial charge in [0.2, 0.25) is 0 Å². The maximum absolute atomic E-state index is 12.1. The molecule has 1 amide bonds. The molecule has 0 aromatic carbocycles. The van der Waals surface area contributed by atoms with Crippen LogP contribution in [-0.2, 0) is 6.42 Å². The number of aromatic nitrogens is 2. The number of aliphatic hydroxyl groups is 3. The molecule has 0 fully saturated rings. The fraction of sp³-hybridized carbons (Fsp3) is 0.538. The average molecular weight is 294 g/mol. The summed E-state index contributed by atoms with van der Waals surface area (Å²) in [6.07, 6.45) is -0.328. The van der Waals surface area contributed by atoms with Crippen LogP contribution < -0.4 is 5.73 Å². The van der Waals surface area contributed by atoms with Crippen LogP contribution in [0, 0.1) is 5.92 Å². The molecule has 1 aliphatic rings. The number of nitrogens with two attached hydrogens (primary N) is 1. The molecule has 2 rings (SSSR count). The number of carbonyl (C=O) groups excluding carboxylic acids is 1. The van der Waals surface area contributed by atoms with Gasteiger partial charge in [-0.2, -0.15) is 4.99 Å². The van der Waals surface area contributed by atoms with Gasteiger partial charge in [0, 0.05) is 5.92 Å². The highest BCUT2D eigenvalue weighted by molar-refractivity contribution is 6.03. The quantitative estimate of drug-likeness (QED) is 0.556. The highest BCUT2D eigenvalue weighted by Crippen LogP contribution is 2.20. The van der Waals surface area contributed by atoms with Crippen molar-refractivity contribution in [1.82, 2.24) is 9.97 Å². The van der Waals surface area contributed by atoms with E-state index in [1.165, 1.54) is 6.20 Å². The van der Waals surface area contributed by atoms with E-state index in [2.05, 4.69) is 15.0 Å². The standard InChI is InChI=1S/C13H18N4O4/c1-6-2-3-7-10(13(21)17-12(6)14)16-8(4-15-7)11(20)9(19)5-18/h4,6,9,11,18-20H,2-3,5H2,1H3,(H2,14,17,21). The van der Waals surface area contributed by atoms with E-state index in [1.54, 1.807) is 0 Å². The van der Waals surface area contributed by atoms with Gasteiger partial charge in [-0.3, -0.25) is 9.78 Å². The first kappa shape index (κ1) is 15.5. The van der Waals surface area contributed by atoms with Crippen molar-refractivity contribution in [1.29, 1.82) is 0 Å². The first-order valence-corrected chi connectivity index (χ1v) is 6.65. The molecular formula is C13H18N4O4. The first-order chi connectivity index (χ1) is 9.93. The number of aliphatic hydroxyl groups excluding tert-OH is 3. The van der Waals surface area contributed by atoms with E-state index < -0.39 is 24.7 Å². The van der Waals surface area contributed by atoms with Gasteiger partial charge < -0.3 is 21.1 Å². The zero-order chi connectivity index (χ0) is 15.6. The fourth-order valence-electron chi connectivity index (χ4n) is 2.00. The van der Waals surface area contributed by atoms with Crippen molar-refractivity contribution in [3.05, 3.63) is 23.3 Å². The summed E-state index contributed by atoms with van der Waals surface area (Å²) in [4.78, 5) is 24.0. The Morgan fingerprint density at radius 3 is 2.86 bits per heavy atom. The number of amides is 1. The van der Waals surface area contributed by atoms with Gasteiger partial charge in [-0.25, -0.2) is 4.98 Å². The molecule has 1 aromatic rings. The Morgan fingerprint density at radius 1 is 1.48 bits per heavy atom. The van der Waals surface area contributed by atoms with Crippen molar-refractivity contribution in [2.45, 2.75) is 32.0 Å². The van der Waals surface area contributed by atoms with Crippen LogP contribution in [0.4, 0.5) is 0 Å². The Kier molecular flexibility index (Phi) is 4.61. The Labute approximate surface area is 121 Å². The van der Waals surface area contributed by atoms with E-state index in [-0.39, 0.29) is 23.1 Å². The Hall–Kier alpha value is -1.90. The maximum atomic E-state index is 12.1. The second-order valence-corrected chi connectivity index (χ2v) is 5.07. The SMILES string of the molecule is CC1CCc2ncc(C(O)C(O)CO)nc2C(=O)N=C1N. The van der Waals surface area contributed by atoms with E-state index in [1.807, 2.05) is 6.92 Å². The second kappa shape index (κ2) is 6.25. The lowest BCUT2D eigenvalue weighted by molar-refractivity contribution is -0.0175. The lowest BCUT2D eigenvalue weighted by atomic mass is 10.00. The molecule has 1 aromatic heterocycles. The molecule has 0 bridgehead atoms. The van der Waals surface area contributed by atoms with Gasteiger partial charge in [0.25, 0.3) is 5.91 Å². The smallest absolute Gasteiger partial charge is 0.299 e. The fourth-order valence-corrected chi connectivity index (χ4v) is 2.00. The van der Waals surface area contributed by atoms with Crippen LogP contribution in [0.3, 0.4) is 0 Å². The first-order valence-electron chi connectivity index (χ1n) is 6.65. The number of nitrogens with zero attached hydrogens (tertiary/aromatic N) is 3. The molecule has 0 radical (unpaired) electrons. The van der Waals surface area contributed by atoms with E-state index in [9.17, 15) is 15.0 Å². The van der Waals surface area contributed by atoms with Gasteiger partial charge in [0.05, 0.1) is 24.2 Å². The van der Waals surface area contributed by atoms with E-state index >= 15 is 0 Å². The third kappa shape index (κ3) is 3.23. The summed E-state index contributed by atoms with van der Waals surface area (Å²) in [6, 6.07) is 0. The zero-order valence-corrected chi connectivity index (χ0v) is 11.6. The Morgan fingerprint density at radius 2 is 2.19 bits per heavy atom.